The minimum atomic E-state index is -0.752. The lowest BCUT2D eigenvalue weighted by Crippen LogP contribution is -2.39. The molecule has 1 heterocycles. The predicted octanol–water partition coefficient (Wildman–Crippen LogP) is 1.66. The molecule has 0 radical (unpaired) electrons. The van der Waals surface area contributed by atoms with E-state index in [0.29, 0.717) is 12.8 Å². The van der Waals surface area contributed by atoms with Crippen LogP contribution in [0, 0.1) is 11.3 Å². The molecule has 1 aromatic rings. The number of rotatable bonds is 1. The summed E-state index contributed by atoms with van der Waals surface area (Å²) in [4.78, 5) is 13.1. The molecular weight excluding hydrogens is 188 g/mol. The summed E-state index contributed by atoms with van der Waals surface area (Å²) in [7, 11) is 1.70. The molecule has 76 valence electrons. The van der Waals surface area contributed by atoms with Crippen LogP contribution in [0.15, 0.2) is 30.3 Å². The first kappa shape index (κ1) is 9.72. The third kappa shape index (κ3) is 1.30. The minimum absolute atomic E-state index is 0.0420. The maximum Gasteiger partial charge on any atom is 0.223 e. The monoisotopic (exact) mass is 200 g/mol. The van der Waals surface area contributed by atoms with E-state index >= 15 is 0 Å². The lowest BCUT2D eigenvalue weighted by molar-refractivity contribution is -0.128. The summed E-state index contributed by atoms with van der Waals surface area (Å²) in [5.41, 5.74) is 0.152. The number of carbonyl (C=O) groups is 1. The van der Waals surface area contributed by atoms with E-state index in [1.807, 2.05) is 30.3 Å². The molecule has 1 aromatic carbocycles. The van der Waals surface area contributed by atoms with Gasteiger partial charge in [-0.25, -0.2) is 0 Å². The largest absolute Gasteiger partial charge is 0.323 e. The molecule has 0 aliphatic carbocycles. The molecule has 1 aliphatic rings. The van der Waals surface area contributed by atoms with Gasteiger partial charge in [-0.3, -0.25) is 4.79 Å². The molecule has 0 saturated carbocycles. The number of benzene rings is 1. The molecule has 1 unspecified atom stereocenters. The fraction of sp³-hybridized carbons (Fsp3) is 0.333. The molecule has 3 nitrogen and oxygen atoms in total. The molecule has 2 rings (SSSR count). The summed E-state index contributed by atoms with van der Waals surface area (Å²) >= 11 is 0. The lowest BCUT2D eigenvalue weighted by atomic mass is 9.89. The lowest BCUT2D eigenvalue weighted by Gasteiger charge is -2.29. The Bertz CT molecular complexity index is 421. The van der Waals surface area contributed by atoms with Crippen molar-refractivity contribution >= 4 is 5.91 Å². The van der Waals surface area contributed by atoms with Gasteiger partial charge in [-0.2, -0.15) is 5.26 Å². The zero-order valence-electron chi connectivity index (χ0n) is 8.60. The SMILES string of the molecule is CN1C(=O)CCC1(C#N)c1ccccc1. The van der Waals surface area contributed by atoms with E-state index in [1.54, 1.807) is 11.9 Å². The second-order valence-electron chi connectivity index (χ2n) is 3.79. The summed E-state index contributed by atoms with van der Waals surface area (Å²) in [6, 6.07) is 11.8. The highest BCUT2D eigenvalue weighted by molar-refractivity contribution is 5.80. The molecule has 0 spiro atoms. The second-order valence-corrected chi connectivity index (χ2v) is 3.79. The molecule has 1 fully saturated rings. The van der Waals surface area contributed by atoms with Crippen molar-refractivity contribution in [1.82, 2.24) is 4.90 Å². The molecular formula is C12H12N2O. The van der Waals surface area contributed by atoms with Gasteiger partial charge in [-0.15, -0.1) is 0 Å². The van der Waals surface area contributed by atoms with E-state index < -0.39 is 5.54 Å². The van der Waals surface area contributed by atoms with Crippen LogP contribution in [0.3, 0.4) is 0 Å². The maximum absolute atomic E-state index is 11.5. The van der Waals surface area contributed by atoms with E-state index in [9.17, 15) is 10.1 Å². The summed E-state index contributed by atoms with van der Waals surface area (Å²) in [6.07, 6.45) is 1.04. The Balaban J connectivity index is 2.49. The first-order chi connectivity index (χ1) is 7.20. The number of hydrogen-bond donors (Lipinski definition) is 0. The Morgan fingerprint density at radius 2 is 2.07 bits per heavy atom. The highest BCUT2D eigenvalue weighted by Crippen LogP contribution is 2.37. The molecule has 0 N–H and O–H groups in total. The first-order valence-corrected chi connectivity index (χ1v) is 4.94. The average Bonchev–Trinajstić information content (AvgIpc) is 2.59. The Morgan fingerprint density at radius 3 is 2.53 bits per heavy atom. The van der Waals surface area contributed by atoms with Crippen molar-refractivity contribution in [2.24, 2.45) is 0 Å². The van der Waals surface area contributed by atoms with Crippen LogP contribution in [0.5, 0.6) is 0 Å². The molecule has 3 heteroatoms. The molecule has 1 amide bonds. The number of nitrogens with zero attached hydrogens (tertiary/aromatic N) is 2. The van der Waals surface area contributed by atoms with Gasteiger partial charge in [0.15, 0.2) is 5.54 Å². The van der Waals surface area contributed by atoms with Gasteiger partial charge in [0.2, 0.25) is 5.91 Å². The second kappa shape index (κ2) is 3.39. The van der Waals surface area contributed by atoms with Crippen molar-refractivity contribution < 1.29 is 4.79 Å². The van der Waals surface area contributed by atoms with Gasteiger partial charge >= 0.3 is 0 Å². The van der Waals surface area contributed by atoms with Gasteiger partial charge in [0, 0.05) is 13.5 Å². The third-order valence-corrected chi connectivity index (χ3v) is 3.08. The molecule has 1 atom stereocenters. The fourth-order valence-electron chi connectivity index (χ4n) is 2.08. The van der Waals surface area contributed by atoms with Crippen LogP contribution in [0.1, 0.15) is 18.4 Å². The molecule has 1 saturated heterocycles. The van der Waals surface area contributed by atoms with Gasteiger partial charge < -0.3 is 4.90 Å². The zero-order valence-corrected chi connectivity index (χ0v) is 8.60. The van der Waals surface area contributed by atoms with Crippen LogP contribution >= 0.6 is 0 Å². The van der Waals surface area contributed by atoms with Crippen LogP contribution in [-0.4, -0.2) is 17.9 Å². The quantitative estimate of drug-likeness (QED) is 0.692. The van der Waals surface area contributed by atoms with E-state index in [1.165, 1.54) is 0 Å². The minimum Gasteiger partial charge on any atom is -0.323 e. The highest BCUT2D eigenvalue weighted by Gasteiger charge is 2.44. The topological polar surface area (TPSA) is 44.1 Å². The van der Waals surface area contributed by atoms with Crippen LogP contribution in [0.2, 0.25) is 0 Å². The van der Waals surface area contributed by atoms with E-state index in [0.717, 1.165) is 5.56 Å². The zero-order chi connectivity index (χ0) is 10.9. The van der Waals surface area contributed by atoms with Gasteiger partial charge in [0.1, 0.15) is 0 Å². The number of carbonyl (C=O) groups excluding carboxylic acids is 1. The summed E-state index contributed by atoms with van der Waals surface area (Å²) < 4.78 is 0. The summed E-state index contributed by atoms with van der Waals surface area (Å²) in [6.45, 7) is 0. The van der Waals surface area contributed by atoms with Gasteiger partial charge in [-0.1, -0.05) is 30.3 Å². The standard InChI is InChI=1S/C12H12N2O/c1-14-11(15)7-8-12(14,9-13)10-5-3-2-4-6-10/h2-6H,7-8H2,1H3. The molecule has 15 heavy (non-hydrogen) atoms. The Morgan fingerprint density at radius 1 is 1.40 bits per heavy atom. The maximum atomic E-state index is 11.5. The number of likely N-dealkylation sites (tertiary alicyclic amines) is 1. The van der Waals surface area contributed by atoms with E-state index in [2.05, 4.69) is 6.07 Å². The van der Waals surface area contributed by atoms with E-state index in [4.69, 9.17) is 0 Å². The van der Waals surface area contributed by atoms with Crippen molar-refractivity contribution in [2.45, 2.75) is 18.4 Å². The Kier molecular flexibility index (Phi) is 2.20. The van der Waals surface area contributed by atoms with Crippen molar-refractivity contribution in [2.75, 3.05) is 7.05 Å². The van der Waals surface area contributed by atoms with Gasteiger partial charge in [0.05, 0.1) is 6.07 Å². The normalized spacial score (nSPS) is 25.3. The summed E-state index contributed by atoms with van der Waals surface area (Å²) in [5.74, 6) is 0.0420. The van der Waals surface area contributed by atoms with Gasteiger partial charge in [0.25, 0.3) is 0 Å². The third-order valence-electron chi connectivity index (χ3n) is 3.08. The van der Waals surface area contributed by atoms with Crippen molar-refractivity contribution in [3.05, 3.63) is 35.9 Å². The van der Waals surface area contributed by atoms with Crippen LogP contribution in [0.25, 0.3) is 0 Å². The molecule has 0 aromatic heterocycles. The van der Waals surface area contributed by atoms with Crippen molar-refractivity contribution in [3.63, 3.8) is 0 Å². The first-order valence-electron chi connectivity index (χ1n) is 4.94. The number of nitriles is 1. The molecule has 1 aliphatic heterocycles. The fourth-order valence-corrected chi connectivity index (χ4v) is 2.08. The average molecular weight is 200 g/mol. The van der Waals surface area contributed by atoms with Crippen molar-refractivity contribution in [1.29, 1.82) is 5.26 Å². The molecule has 0 bridgehead atoms. The smallest absolute Gasteiger partial charge is 0.223 e. The van der Waals surface area contributed by atoms with Crippen LogP contribution < -0.4 is 0 Å². The highest BCUT2D eigenvalue weighted by atomic mass is 16.2. The van der Waals surface area contributed by atoms with Crippen LogP contribution in [0.4, 0.5) is 0 Å². The van der Waals surface area contributed by atoms with E-state index in [-0.39, 0.29) is 5.91 Å². The van der Waals surface area contributed by atoms with Gasteiger partial charge in [-0.05, 0) is 12.0 Å². The van der Waals surface area contributed by atoms with Crippen molar-refractivity contribution in [3.8, 4) is 6.07 Å². The Hall–Kier alpha value is -1.82. The number of hydrogen-bond acceptors (Lipinski definition) is 2. The summed E-state index contributed by atoms with van der Waals surface area (Å²) in [5, 5.41) is 9.31. The van der Waals surface area contributed by atoms with Crippen LogP contribution in [-0.2, 0) is 10.3 Å². The predicted molar refractivity (Wildman–Crippen MR) is 55.7 cm³/mol. The number of amides is 1. The Labute approximate surface area is 88.9 Å².